The minimum absolute atomic E-state index is 0.241. The van der Waals surface area contributed by atoms with E-state index in [-0.39, 0.29) is 5.41 Å². The van der Waals surface area contributed by atoms with Crippen molar-refractivity contribution in [3.05, 3.63) is 18.6 Å². The Hall–Kier alpha value is -1.78. The van der Waals surface area contributed by atoms with Crippen LogP contribution in [0.2, 0.25) is 0 Å². The van der Waals surface area contributed by atoms with E-state index in [1.807, 2.05) is 10.6 Å². The Morgan fingerprint density at radius 2 is 2.15 bits per heavy atom. The van der Waals surface area contributed by atoms with Crippen LogP contribution in [0.5, 0.6) is 0 Å². The first-order valence-corrected chi connectivity index (χ1v) is 7.35. The number of fused-ring (bicyclic) bond motifs is 1. The van der Waals surface area contributed by atoms with Crippen LogP contribution in [0.1, 0.15) is 46.5 Å². The Labute approximate surface area is 120 Å². The van der Waals surface area contributed by atoms with Crippen molar-refractivity contribution in [2.24, 2.45) is 5.41 Å². The van der Waals surface area contributed by atoms with Gasteiger partial charge >= 0.3 is 0 Å². The third-order valence-corrected chi connectivity index (χ3v) is 3.58. The van der Waals surface area contributed by atoms with Crippen LogP contribution in [0.15, 0.2) is 18.6 Å². The number of hydrogen-bond donors (Lipinski definition) is 2. The highest BCUT2D eigenvalue weighted by Gasteiger charge is 2.18. The van der Waals surface area contributed by atoms with Crippen LogP contribution in [0.25, 0.3) is 5.65 Å². The van der Waals surface area contributed by atoms with E-state index in [9.17, 15) is 0 Å². The lowest BCUT2D eigenvalue weighted by molar-refractivity contribution is 0.342. The number of anilines is 2. The molecule has 0 aliphatic rings. The van der Waals surface area contributed by atoms with Crippen molar-refractivity contribution in [3.63, 3.8) is 0 Å². The topological polar surface area (TPSA) is 68.2 Å². The van der Waals surface area contributed by atoms with Gasteiger partial charge in [-0.1, -0.05) is 40.0 Å². The van der Waals surface area contributed by atoms with Crippen LogP contribution >= 0.6 is 0 Å². The Bertz CT molecular complexity index is 558. The third kappa shape index (κ3) is 3.62. The fourth-order valence-corrected chi connectivity index (χ4v) is 2.33. The van der Waals surface area contributed by atoms with Gasteiger partial charge in [-0.2, -0.15) is 0 Å². The molecule has 2 aromatic rings. The second-order valence-corrected chi connectivity index (χ2v) is 6.15. The molecule has 0 atom stereocenters. The Morgan fingerprint density at radius 3 is 2.90 bits per heavy atom. The first kappa shape index (κ1) is 14.6. The number of hydrogen-bond acceptors (Lipinski definition) is 4. The summed E-state index contributed by atoms with van der Waals surface area (Å²) in [7, 11) is 0. The lowest BCUT2D eigenvalue weighted by Gasteiger charge is -2.25. The van der Waals surface area contributed by atoms with Gasteiger partial charge in [-0.15, -0.1) is 0 Å². The summed E-state index contributed by atoms with van der Waals surface area (Å²) in [6.07, 6.45) is 10.5. The molecule has 2 rings (SSSR count). The minimum atomic E-state index is 0.241. The van der Waals surface area contributed by atoms with Gasteiger partial charge in [0.25, 0.3) is 0 Å². The van der Waals surface area contributed by atoms with E-state index in [0.717, 1.165) is 18.0 Å². The molecule has 0 spiro atoms. The van der Waals surface area contributed by atoms with Gasteiger partial charge in [0.2, 0.25) is 0 Å². The largest absolute Gasteiger partial charge is 0.382 e. The maximum atomic E-state index is 5.82. The summed E-state index contributed by atoms with van der Waals surface area (Å²) in [6, 6.07) is 0. The first-order valence-electron chi connectivity index (χ1n) is 7.35. The first-order chi connectivity index (χ1) is 9.52. The number of nitrogens with one attached hydrogen (secondary N) is 1. The number of aromatic nitrogens is 3. The fourth-order valence-electron chi connectivity index (χ4n) is 2.33. The van der Waals surface area contributed by atoms with E-state index in [4.69, 9.17) is 5.73 Å². The fraction of sp³-hybridized carbons (Fsp3) is 0.600. The number of imidazole rings is 1. The summed E-state index contributed by atoms with van der Waals surface area (Å²) in [5.41, 5.74) is 6.89. The highest BCUT2D eigenvalue weighted by Crippen LogP contribution is 2.25. The van der Waals surface area contributed by atoms with E-state index in [0.29, 0.717) is 5.82 Å². The lowest BCUT2D eigenvalue weighted by Crippen LogP contribution is -2.24. The quantitative estimate of drug-likeness (QED) is 0.760. The van der Waals surface area contributed by atoms with E-state index in [2.05, 4.69) is 36.1 Å². The number of nitrogen functional groups attached to an aromatic ring is 1. The molecule has 0 saturated carbocycles. The zero-order chi connectivity index (χ0) is 14.6. The molecule has 20 heavy (non-hydrogen) atoms. The van der Waals surface area contributed by atoms with Crippen molar-refractivity contribution < 1.29 is 0 Å². The van der Waals surface area contributed by atoms with Crippen molar-refractivity contribution in [2.45, 2.75) is 46.5 Å². The molecule has 0 bridgehead atoms. The Kier molecular flexibility index (Phi) is 4.47. The molecule has 0 aromatic carbocycles. The van der Waals surface area contributed by atoms with E-state index in [1.165, 1.54) is 25.7 Å². The Balaban J connectivity index is 2.03. The van der Waals surface area contributed by atoms with Gasteiger partial charge in [0, 0.05) is 18.9 Å². The number of unbranched alkanes of at least 4 members (excludes halogenated alkanes) is 2. The molecule has 110 valence electrons. The van der Waals surface area contributed by atoms with Crippen molar-refractivity contribution in [3.8, 4) is 0 Å². The molecule has 2 heterocycles. The summed E-state index contributed by atoms with van der Waals surface area (Å²) in [4.78, 5) is 8.67. The monoisotopic (exact) mass is 275 g/mol. The predicted octanol–water partition coefficient (Wildman–Crippen LogP) is 3.33. The summed E-state index contributed by atoms with van der Waals surface area (Å²) < 4.78 is 1.90. The van der Waals surface area contributed by atoms with Crippen LogP contribution in [-0.4, -0.2) is 20.9 Å². The standard InChI is InChI=1S/C15H25N5/c1-4-5-6-7-15(2,3)11-18-13-14-17-8-9-20(14)10-12(16)19-13/h8-10H,4-7,11,16H2,1-3H3,(H,18,19). The molecule has 0 aliphatic heterocycles. The SMILES string of the molecule is CCCCCC(C)(C)CNc1nc(N)cn2ccnc12. The predicted molar refractivity (Wildman–Crippen MR) is 83.8 cm³/mol. The molecular formula is C15H25N5. The zero-order valence-electron chi connectivity index (χ0n) is 12.7. The van der Waals surface area contributed by atoms with Crippen LogP contribution in [0, 0.1) is 5.41 Å². The van der Waals surface area contributed by atoms with Crippen LogP contribution < -0.4 is 11.1 Å². The van der Waals surface area contributed by atoms with Gasteiger partial charge in [-0.3, -0.25) is 0 Å². The number of rotatable bonds is 7. The molecule has 5 heteroatoms. The summed E-state index contributed by atoms with van der Waals surface area (Å²) >= 11 is 0. The third-order valence-electron chi connectivity index (χ3n) is 3.58. The molecule has 0 aliphatic carbocycles. The average molecular weight is 275 g/mol. The molecule has 0 radical (unpaired) electrons. The molecule has 3 N–H and O–H groups in total. The normalized spacial score (nSPS) is 11.9. The highest BCUT2D eigenvalue weighted by atomic mass is 15.1. The van der Waals surface area contributed by atoms with Gasteiger partial charge in [0.05, 0.1) is 6.20 Å². The molecule has 2 aromatic heterocycles. The van der Waals surface area contributed by atoms with Crippen LogP contribution in [-0.2, 0) is 0 Å². The maximum absolute atomic E-state index is 5.82. The van der Waals surface area contributed by atoms with E-state index in [1.54, 1.807) is 12.4 Å². The van der Waals surface area contributed by atoms with Crippen molar-refractivity contribution in [1.82, 2.24) is 14.4 Å². The minimum Gasteiger partial charge on any atom is -0.382 e. The number of nitrogens with zero attached hydrogens (tertiary/aromatic N) is 3. The number of nitrogens with two attached hydrogens (primary N) is 1. The van der Waals surface area contributed by atoms with Gasteiger partial charge < -0.3 is 15.5 Å². The average Bonchev–Trinajstić information content (AvgIpc) is 2.84. The second kappa shape index (κ2) is 6.11. The Morgan fingerprint density at radius 1 is 1.35 bits per heavy atom. The molecule has 0 fully saturated rings. The van der Waals surface area contributed by atoms with Gasteiger partial charge in [0.1, 0.15) is 5.82 Å². The molecule has 0 unspecified atom stereocenters. The molecule has 0 saturated heterocycles. The summed E-state index contributed by atoms with van der Waals surface area (Å²) in [5, 5.41) is 3.41. The van der Waals surface area contributed by atoms with Gasteiger partial charge in [0.15, 0.2) is 11.5 Å². The van der Waals surface area contributed by atoms with E-state index >= 15 is 0 Å². The van der Waals surface area contributed by atoms with Crippen molar-refractivity contribution >= 4 is 17.3 Å². The zero-order valence-corrected chi connectivity index (χ0v) is 12.7. The van der Waals surface area contributed by atoms with Crippen molar-refractivity contribution in [1.29, 1.82) is 0 Å². The smallest absolute Gasteiger partial charge is 0.180 e. The van der Waals surface area contributed by atoms with Gasteiger partial charge in [-0.25, -0.2) is 9.97 Å². The summed E-state index contributed by atoms with van der Waals surface area (Å²) in [6.45, 7) is 7.67. The molecule has 0 amide bonds. The van der Waals surface area contributed by atoms with Crippen LogP contribution in [0.4, 0.5) is 11.6 Å². The van der Waals surface area contributed by atoms with E-state index < -0.39 is 0 Å². The van der Waals surface area contributed by atoms with Crippen LogP contribution in [0.3, 0.4) is 0 Å². The second-order valence-electron chi connectivity index (χ2n) is 6.15. The maximum Gasteiger partial charge on any atom is 0.180 e. The summed E-state index contributed by atoms with van der Waals surface area (Å²) in [5.74, 6) is 1.26. The molecule has 5 nitrogen and oxygen atoms in total. The van der Waals surface area contributed by atoms with Crippen molar-refractivity contribution in [2.75, 3.05) is 17.6 Å². The highest BCUT2D eigenvalue weighted by molar-refractivity contribution is 5.64. The molecular weight excluding hydrogens is 250 g/mol. The van der Waals surface area contributed by atoms with Gasteiger partial charge in [-0.05, 0) is 11.8 Å². The lowest BCUT2D eigenvalue weighted by atomic mass is 9.87.